The number of hydrogen-bond acceptors (Lipinski definition) is 3. The van der Waals surface area contributed by atoms with Crippen LogP contribution >= 0.6 is 0 Å². The third-order valence-electron chi connectivity index (χ3n) is 3.35. The van der Waals surface area contributed by atoms with Crippen LogP contribution in [0.5, 0.6) is 0 Å². The van der Waals surface area contributed by atoms with Crippen LogP contribution in [-0.4, -0.2) is 59.6 Å². The summed E-state index contributed by atoms with van der Waals surface area (Å²) in [6, 6.07) is -0.100. The Kier molecular flexibility index (Phi) is 4.54. The van der Waals surface area contributed by atoms with E-state index in [4.69, 9.17) is 5.11 Å². The van der Waals surface area contributed by atoms with Crippen LogP contribution in [0, 0.1) is 0 Å². The average molecular weight is 214 g/mol. The topological polar surface area (TPSA) is 43.8 Å². The molecule has 0 spiro atoms. The normalized spacial score (nSPS) is 20.7. The minimum atomic E-state index is -0.134. The maximum atomic E-state index is 12.0. The van der Waals surface area contributed by atoms with Crippen molar-refractivity contribution in [2.24, 2.45) is 0 Å². The van der Waals surface area contributed by atoms with Gasteiger partial charge >= 0.3 is 0 Å². The number of likely N-dealkylation sites (tertiary alicyclic amines) is 1. The Labute approximate surface area is 91.9 Å². The first kappa shape index (κ1) is 12.5. The summed E-state index contributed by atoms with van der Waals surface area (Å²) in [5.41, 5.74) is 0. The molecule has 1 N–H and O–H groups in total. The van der Waals surface area contributed by atoms with Crippen LogP contribution in [0.1, 0.15) is 26.7 Å². The molecule has 0 saturated carbocycles. The standard InChI is InChI=1S/C11H22N2O2/c1-9(8-14)12(3)10(2)11(15)13-6-4-5-7-13/h9-10,14H,4-8H2,1-3H3. The average Bonchev–Trinajstić information content (AvgIpc) is 2.78. The highest BCUT2D eigenvalue weighted by Crippen LogP contribution is 2.12. The van der Waals surface area contributed by atoms with E-state index in [9.17, 15) is 4.79 Å². The third kappa shape index (κ3) is 2.92. The maximum absolute atomic E-state index is 12.0. The van der Waals surface area contributed by atoms with E-state index in [2.05, 4.69) is 0 Å². The molecule has 1 heterocycles. The van der Waals surface area contributed by atoms with Gasteiger partial charge in [0.25, 0.3) is 0 Å². The van der Waals surface area contributed by atoms with Crippen LogP contribution in [-0.2, 0) is 4.79 Å². The summed E-state index contributed by atoms with van der Waals surface area (Å²) in [7, 11) is 1.89. The Morgan fingerprint density at radius 3 is 2.40 bits per heavy atom. The molecule has 0 aliphatic carbocycles. The second-order valence-corrected chi connectivity index (χ2v) is 4.41. The zero-order valence-corrected chi connectivity index (χ0v) is 9.94. The highest BCUT2D eigenvalue weighted by atomic mass is 16.3. The van der Waals surface area contributed by atoms with Crippen LogP contribution in [0.2, 0.25) is 0 Å². The van der Waals surface area contributed by atoms with Crippen molar-refractivity contribution in [3.05, 3.63) is 0 Å². The van der Waals surface area contributed by atoms with Gasteiger partial charge in [-0.1, -0.05) is 0 Å². The van der Waals surface area contributed by atoms with Crippen molar-refractivity contribution >= 4 is 5.91 Å². The lowest BCUT2D eigenvalue weighted by atomic mass is 10.2. The molecule has 1 aliphatic rings. The van der Waals surface area contributed by atoms with Crippen molar-refractivity contribution in [1.29, 1.82) is 0 Å². The van der Waals surface area contributed by atoms with Crippen molar-refractivity contribution in [2.45, 2.75) is 38.8 Å². The van der Waals surface area contributed by atoms with Gasteiger partial charge in [-0.05, 0) is 33.7 Å². The molecule has 1 saturated heterocycles. The first-order valence-corrected chi connectivity index (χ1v) is 5.69. The molecule has 0 aromatic carbocycles. The number of nitrogens with zero attached hydrogens (tertiary/aromatic N) is 2. The van der Waals surface area contributed by atoms with Gasteiger partial charge in [0.05, 0.1) is 12.6 Å². The zero-order chi connectivity index (χ0) is 11.4. The minimum absolute atomic E-state index is 0.0338. The number of aliphatic hydroxyl groups excluding tert-OH is 1. The summed E-state index contributed by atoms with van der Waals surface area (Å²) >= 11 is 0. The summed E-state index contributed by atoms with van der Waals surface area (Å²) < 4.78 is 0. The van der Waals surface area contributed by atoms with Crippen molar-refractivity contribution in [2.75, 3.05) is 26.7 Å². The van der Waals surface area contributed by atoms with Crippen molar-refractivity contribution in [3.63, 3.8) is 0 Å². The van der Waals surface area contributed by atoms with Gasteiger partial charge < -0.3 is 10.0 Å². The summed E-state index contributed by atoms with van der Waals surface area (Å²) in [6.07, 6.45) is 2.25. The van der Waals surface area contributed by atoms with Crippen LogP contribution in [0.3, 0.4) is 0 Å². The van der Waals surface area contributed by atoms with E-state index >= 15 is 0 Å². The minimum Gasteiger partial charge on any atom is -0.395 e. The molecular formula is C11H22N2O2. The van der Waals surface area contributed by atoms with Gasteiger partial charge in [-0.15, -0.1) is 0 Å². The van der Waals surface area contributed by atoms with E-state index in [1.807, 2.05) is 30.7 Å². The quantitative estimate of drug-likeness (QED) is 0.732. The van der Waals surface area contributed by atoms with Crippen molar-refractivity contribution in [1.82, 2.24) is 9.80 Å². The summed E-state index contributed by atoms with van der Waals surface area (Å²) in [4.78, 5) is 15.9. The lowest BCUT2D eigenvalue weighted by Crippen LogP contribution is -2.48. The van der Waals surface area contributed by atoms with Gasteiger partial charge in [0, 0.05) is 19.1 Å². The number of amides is 1. The molecule has 0 aromatic rings. The Hall–Kier alpha value is -0.610. The predicted molar refractivity (Wildman–Crippen MR) is 59.6 cm³/mol. The fourth-order valence-electron chi connectivity index (χ4n) is 1.89. The fraction of sp³-hybridized carbons (Fsp3) is 0.909. The molecular weight excluding hydrogens is 192 g/mol. The molecule has 4 heteroatoms. The largest absolute Gasteiger partial charge is 0.395 e. The van der Waals surface area contributed by atoms with E-state index in [0.717, 1.165) is 25.9 Å². The highest BCUT2D eigenvalue weighted by molar-refractivity contribution is 5.81. The molecule has 15 heavy (non-hydrogen) atoms. The van der Waals surface area contributed by atoms with E-state index < -0.39 is 0 Å². The Balaban J connectivity index is 2.50. The smallest absolute Gasteiger partial charge is 0.239 e. The molecule has 2 unspecified atom stereocenters. The molecule has 88 valence electrons. The second-order valence-electron chi connectivity index (χ2n) is 4.41. The van der Waals surface area contributed by atoms with Crippen LogP contribution in [0.25, 0.3) is 0 Å². The number of rotatable bonds is 4. The molecule has 1 amide bonds. The number of likely N-dealkylation sites (N-methyl/N-ethyl adjacent to an activating group) is 1. The molecule has 1 fully saturated rings. The first-order valence-electron chi connectivity index (χ1n) is 5.69. The molecule has 1 rings (SSSR count). The lowest BCUT2D eigenvalue weighted by molar-refractivity contribution is -0.135. The third-order valence-corrected chi connectivity index (χ3v) is 3.35. The van der Waals surface area contributed by atoms with Crippen LogP contribution < -0.4 is 0 Å². The molecule has 4 nitrogen and oxygen atoms in total. The highest BCUT2D eigenvalue weighted by Gasteiger charge is 2.27. The van der Waals surface area contributed by atoms with Gasteiger partial charge in [0.1, 0.15) is 0 Å². The summed E-state index contributed by atoms with van der Waals surface area (Å²) in [5, 5.41) is 9.03. The summed E-state index contributed by atoms with van der Waals surface area (Å²) in [5.74, 6) is 0.190. The monoisotopic (exact) mass is 214 g/mol. The van der Waals surface area contributed by atoms with E-state index in [1.165, 1.54) is 0 Å². The second kappa shape index (κ2) is 5.47. The predicted octanol–water partition coefficient (Wildman–Crippen LogP) is 0.310. The maximum Gasteiger partial charge on any atom is 0.239 e. The molecule has 0 radical (unpaired) electrons. The van der Waals surface area contributed by atoms with Crippen LogP contribution in [0.15, 0.2) is 0 Å². The van der Waals surface area contributed by atoms with Crippen molar-refractivity contribution < 1.29 is 9.90 Å². The number of hydrogen-bond donors (Lipinski definition) is 1. The molecule has 0 bridgehead atoms. The van der Waals surface area contributed by atoms with E-state index in [1.54, 1.807) is 0 Å². The fourth-order valence-corrected chi connectivity index (χ4v) is 1.89. The summed E-state index contributed by atoms with van der Waals surface area (Å²) in [6.45, 7) is 5.71. The Morgan fingerprint density at radius 1 is 1.40 bits per heavy atom. The van der Waals surface area contributed by atoms with Gasteiger partial charge in [0.15, 0.2) is 0 Å². The van der Waals surface area contributed by atoms with E-state index in [0.29, 0.717) is 0 Å². The zero-order valence-electron chi connectivity index (χ0n) is 9.94. The lowest BCUT2D eigenvalue weighted by Gasteiger charge is -2.31. The molecule has 1 aliphatic heterocycles. The number of carbonyl (C=O) groups excluding carboxylic acids is 1. The number of aliphatic hydroxyl groups is 1. The Bertz CT molecular complexity index is 215. The van der Waals surface area contributed by atoms with E-state index in [-0.39, 0.29) is 24.6 Å². The van der Waals surface area contributed by atoms with Gasteiger partial charge in [-0.2, -0.15) is 0 Å². The molecule has 0 aromatic heterocycles. The van der Waals surface area contributed by atoms with Crippen LogP contribution in [0.4, 0.5) is 0 Å². The Morgan fingerprint density at radius 2 is 1.93 bits per heavy atom. The SMILES string of the molecule is CC(CO)N(C)C(C)C(=O)N1CCCC1. The van der Waals surface area contributed by atoms with Gasteiger partial charge in [-0.3, -0.25) is 9.69 Å². The van der Waals surface area contributed by atoms with Gasteiger partial charge in [-0.25, -0.2) is 0 Å². The van der Waals surface area contributed by atoms with Crippen molar-refractivity contribution in [3.8, 4) is 0 Å². The molecule has 2 atom stereocenters. The first-order chi connectivity index (χ1) is 7.07. The number of carbonyl (C=O) groups is 1. The van der Waals surface area contributed by atoms with Gasteiger partial charge in [0.2, 0.25) is 5.91 Å².